The smallest absolute Gasteiger partial charge is 0.416 e. The molecule has 2 aromatic carbocycles. The van der Waals surface area contributed by atoms with Crippen molar-refractivity contribution in [1.82, 2.24) is 24.5 Å². The minimum atomic E-state index is -4.59. The molecule has 17 heteroatoms. The van der Waals surface area contributed by atoms with E-state index in [1.807, 2.05) is 6.92 Å². The normalized spacial score (nSPS) is 11.0. The minimum absolute atomic E-state index is 0.000262. The first kappa shape index (κ1) is 34.3. The maximum absolute atomic E-state index is 13.3. The molecule has 5 rings (SSSR count). The molecule has 7 N–H and O–H groups in total. The maximum Gasteiger partial charge on any atom is 0.416 e. The number of nitrogens with two attached hydrogens (primary N) is 1. The number of halogens is 3. The fraction of sp³-hybridized carbons (Fsp3) is 0.200. The lowest BCUT2D eigenvalue weighted by Crippen LogP contribution is -2.15. The average molecular weight is 670 g/mol. The van der Waals surface area contributed by atoms with E-state index < -0.39 is 23.6 Å². The van der Waals surface area contributed by atoms with Gasteiger partial charge in [-0.1, -0.05) is 17.4 Å². The number of amides is 1. The zero-order chi connectivity index (χ0) is 34.3. The summed E-state index contributed by atoms with van der Waals surface area (Å²) in [4.78, 5) is 39.8. The molecular weight excluding hydrogens is 639 g/mol. The molecule has 0 aliphatic carbocycles. The van der Waals surface area contributed by atoms with Crippen LogP contribution in [0.3, 0.4) is 0 Å². The van der Waals surface area contributed by atoms with Gasteiger partial charge in [0.05, 0.1) is 30.4 Å². The van der Waals surface area contributed by atoms with Crippen molar-refractivity contribution in [2.75, 3.05) is 34.8 Å². The number of nitrogens with one attached hydrogen (secondary N) is 3. The van der Waals surface area contributed by atoms with Crippen LogP contribution in [0.5, 0.6) is 0 Å². The van der Waals surface area contributed by atoms with Crippen LogP contribution in [0.25, 0.3) is 5.69 Å². The molecule has 13 nitrogen and oxygen atoms in total. The number of benzene rings is 2. The Kier molecular flexibility index (Phi) is 10.7. The number of anilines is 5. The first-order valence-electron chi connectivity index (χ1n) is 13.8. The van der Waals surface area contributed by atoms with E-state index in [4.69, 9.17) is 15.9 Å². The third-order valence-electron chi connectivity index (χ3n) is 6.26. The first-order chi connectivity index (χ1) is 22.2. The zero-order valence-corrected chi connectivity index (χ0v) is 26.1. The van der Waals surface area contributed by atoms with Gasteiger partial charge < -0.3 is 36.5 Å². The Hall–Kier alpha value is -5.55. The lowest BCUT2D eigenvalue weighted by Gasteiger charge is -2.13. The van der Waals surface area contributed by atoms with E-state index in [0.717, 1.165) is 29.0 Å². The van der Waals surface area contributed by atoms with Crippen molar-refractivity contribution >= 4 is 51.4 Å². The standard InChI is InChI=1S/C19H17F3N4O.C11H13N5O3S/c1-11-3-4-15(8-17(11)23)25-18(27)13-5-14(19(20,21)22)7-16(6-13)26-9-12(2)24-10-26;1-6-14-8(12-2-3-17)4-9(15-6)16-11-13-5-7(20-11)10(18)19/h3-10H,23H2,1-2H3,(H,25,27);4-5,17H,2-3H2,1H3,(H,18,19)(H2,12,13,14,15,16). The predicted octanol–water partition coefficient (Wildman–Crippen LogP) is 5.43. The van der Waals surface area contributed by atoms with E-state index in [0.29, 0.717) is 46.2 Å². The number of carbonyl (C=O) groups is 2. The number of hydrogen-bond acceptors (Lipinski definition) is 11. The Balaban J connectivity index is 0.000000223. The Bertz CT molecular complexity index is 1890. The highest BCUT2D eigenvalue weighted by atomic mass is 32.1. The van der Waals surface area contributed by atoms with Crippen molar-refractivity contribution in [3.63, 3.8) is 0 Å². The molecule has 0 fully saturated rings. The van der Waals surface area contributed by atoms with Crippen LogP contribution in [-0.4, -0.2) is 59.7 Å². The van der Waals surface area contributed by atoms with Crippen molar-refractivity contribution in [3.05, 3.63) is 94.3 Å². The second-order valence-electron chi connectivity index (χ2n) is 10.0. The molecule has 246 valence electrons. The van der Waals surface area contributed by atoms with E-state index in [2.05, 4.69) is 35.9 Å². The van der Waals surface area contributed by atoms with Crippen LogP contribution in [0.15, 0.2) is 61.2 Å². The fourth-order valence-corrected chi connectivity index (χ4v) is 4.65. The SMILES string of the molecule is Cc1cn(-c2cc(C(=O)Nc3ccc(C)c(N)c3)cc(C(F)(F)F)c2)cn1.Cc1nc(NCCO)cc(Nc2ncc(C(=O)O)s2)n1. The van der Waals surface area contributed by atoms with Crippen LogP contribution in [-0.2, 0) is 6.18 Å². The predicted molar refractivity (Wildman–Crippen MR) is 172 cm³/mol. The molecule has 5 aromatic rings. The van der Waals surface area contributed by atoms with Gasteiger partial charge in [0.25, 0.3) is 5.91 Å². The number of carbonyl (C=O) groups excluding carboxylic acids is 1. The van der Waals surface area contributed by atoms with Gasteiger partial charge in [0.2, 0.25) is 0 Å². The summed E-state index contributed by atoms with van der Waals surface area (Å²) in [5.74, 6) is -0.0547. The number of imidazole rings is 1. The van der Waals surface area contributed by atoms with Gasteiger partial charge in [0.1, 0.15) is 22.3 Å². The first-order valence-corrected chi connectivity index (χ1v) is 14.6. The third kappa shape index (κ3) is 9.47. The molecule has 3 heterocycles. The summed E-state index contributed by atoms with van der Waals surface area (Å²) >= 11 is 1.02. The summed E-state index contributed by atoms with van der Waals surface area (Å²) in [6.07, 6.45) is -0.325. The highest BCUT2D eigenvalue weighted by Crippen LogP contribution is 2.32. The Morgan fingerprint density at radius 1 is 1.02 bits per heavy atom. The number of aromatic carboxylic acids is 1. The summed E-state index contributed by atoms with van der Waals surface area (Å²) in [6.45, 7) is 5.66. The lowest BCUT2D eigenvalue weighted by atomic mass is 10.1. The fourth-order valence-electron chi connectivity index (χ4n) is 3.99. The van der Waals surface area contributed by atoms with Crippen molar-refractivity contribution in [3.8, 4) is 5.69 Å². The van der Waals surface area contributed by atoms with Gasteiger partial charge in [-0.25, -0.2) is 24.7 Å². The Morgan fingerprint density at radius 3 is 2.38 bits per heavy atom. The quantitative estimate of drug-likeness (QED) is 0.110. The topological polar surface area (TPSA) is 193 Å². The van der Waals surface area contributed by atoms with Crippen molar-refractivity contribution in [1.29, 1.82) is 0 Å². The number of nitrogens with zero attached hydrogens (tertiary/aromatic N) is 5. The monoisotopic (exact) mass is 669 g/mol. The molecule has 0 bridgehead atoms. The summed E-state index contributed by atoms with van der Waals surface area (Å²) in [6, 6.07) is 9.74. The second kappa shape index (κ2) is 14.7. The van der Waals surface area contributed by atoms with Gasteiger partial charge in [-0.3, -0.25) is 4.79 Å². The Labute approximate surface area is 270 Å². The van der Waals surface area contributed by atoms with Crippen LogP contribution in [0.2, 0.25) is 0 Å². The van der Waals surface area contributed by atoms with Crippen molar-refractivity contribution < 1.29 is 33.0 Å². The van der Waals surface area contributed by atoms with E-state index in [1.165, 1.54) is 23.2 Å². The van der Waals surface area contributed by atoms with Crippen LogP contribution in [0.4, 0.5) is 41.3 Å². The Morgan fingerprint density at radius 2 is 1.77 bits per heavy atom. The number of aliphatic hydroxyl groups excluding tert-OH is 1. The maximum atomic E-state index is 13.3. The molecule has 0 radical (unpaired) electrons. The van der Waals surface area contributed by atoms with Crippen LogP contribution in [0, 0.1) is 20.8 Å². The number of hydrogen-bond donors (Lipinski definition) is 6. The van der Waals surface area contributed by atoms with Gasteiger partial charge in [-0.05, 0) is 56.7 Å². The molecule has 0 unspecified atom stereocenters. The van der Waals surface area contributed by atoms with Gasteiger partial charge in [-0.2, -0.15) is 13.2 Å². The van der Waals surface area contributed by atoms with E-state index in [-0.39, 0.29) is 22.7 Å². The highest BCUT2D eigenvalue weighted by Gasteiger charge is 2.32. The number of carboxylic acids is 1. The summed E-state index contributed by atoms with van der Waals surface area (Å²) in [5, 5.41) is 26.5. The summed E-state index contributed by atoms with van der Waals surface area (Å²) in [7, 11) is 0. The second-order valence-corrected chi connectivity index (χ2v) is 11.0. The van der Waals surface area contributed by atoms with Crippen molar-refractivity contribution in [2.45, 2.75) is 26.9 Å². The molecule has 0 aliphatic heterocycles. The molecule has 3 aromatic heterocycles. The van der Waals surface area contributed by atoms with Gasteiger partial charge >= 0.3 is 12.1 Å². The highest BCUT2D eigenvalue weighted by molar-refractivity contribution is 7.17. The van der Waals surface area contributed by atoms with Crippen LogP contribution < -0.4 is 21.7 Å². The minimum Gasteiger partial charge on any atom is -0.477 e. The number of thiazole rings is 1. The molecule has 1 amide bonds. The summed E-state index contributed by atoms with van der Waals surface area (Å²) < 4.78 is 41.3. The number of aliphatic hydroxyl groups is 1. The molecule has 0 saturated heterocycles. The number of nitrogen functional groups attached to an aromatic ring is 1. The van der Waals surface area contributed by atoms with Gasteiger partial charge in [0.15, 0.2) is 5.13 Å². The average Bonchev–Trinajstić information content (AvgIpc) is 3.66. The number of carboxylic acid groups (broad SMARTS) is 1. The van der Waals surface area contributed by atoms with Gasteiger partial charge in [-0.15, -0.1) is 0 Å². The molecule has 0 atom stereocenters. The zero-order valence-electron chi connectivity index (χ0n) is 25.3. The van der Waals surface area contributed by atoms with Crippen molar-refractivity contribution in [2.24, 2.45) is 0 Å². The molecule has 0 spiro atoms. The van der Waals surface area contributed by atoms with E-state index in [9.17, 15) is 22.8 Å². The molecule has 0 saturated carbocycles. The lowest BCUT2D eigenvalue weighted by molar-refractivity contribution is -0.137. The molecule has 47 heavy (non-hydrogen) atoms. The third-order valence-corrected chi connectivity index (χ3v) is 7.16. The summed E-state index contributed by atoms with van der Waals surface area (Å²) in [5.41, 5.74) is 7.33. The van der Waals surface area contributed by atoms with Crippen LogP contribution in [0.1, 0.15) is 42.7 Å². The van der Waals surface area contributed by atoms with E-state index in [1.54, 1.807) is 44.3 Å². The number of rotatable bonds is 9. The van der Waals surface area contributed by atoms with Crippen LogP contribution >= 0.6 is 11.3 Å². The number of aromatic nitrogens is 5. The number of alkyl halides is 3. The van der Waals surface area contributed by atoms with Gasteiger partial charge in [0, 0.05) is 41.4 Å². The molecular formula is C30H30F3N9O4S. The van der Waals surface area contributed by atoms with E-state index >= 15 is 0 Å². The molecule has 0 aliphatic rings. The largest absolute Gasteiger partial charge is 0.477 e. The number of aryl methyl sites for hydroxylation is 3.